The first-order valence-corrected chi connectivity index (χ1v) is 7.94. The third kappa shape index (κ3) is 6.12. The van der Waals surface area contributed by atoms with Crippen LogP contribution in [-0.2, 0) is 14.9 Å². The standard InChI is InChI=1S/C12H24O5S.Na.H/c1-4-7-8-9-12(5-2,6-3)10(11(13)14)18(15,16)17;;/h10H,4-9H2,1-3H3,(H,13,14)(H,15,16,17);;. The van der Waals surface area contributed by atoms with Crippen LogP contribution in [0.25, 0.3) is 0 Å². The van der Waals surface area contributed by atoms with Crippen molar-refractivity contribution >= 4 is 45.6 Å². The maximum atomic E-state index is 11.3. The van der Waals surface area contributed by atoms with E-state index in [1.54, 1.807) is 13.8 Å². The zero-order valence-corrected chi connectivity index (χ0v) is 12.2. The van der Waals surface area contributed by atoms with Gasteiger partial charge in [-0.1, -0.05) is 40.0 Å². The van der Waals surface area contributed by atoms with Crippen molar-refractivity contribution in [1.29, 1.82) is 0 Å². The van der Waals surface area contributed by atoms with Crippen LogP contribution >= 0.6 is 0 Å². The molecule has 0 radical (unpaired) electrons. The molecule has 0 rings (SSSR count). The van der Waals surface area contributed by atoms with Gasteiger partial charge in [-0.3, -0.25) is 9.35 Å². The van der Waals surface area contributed by atoms with Crippen LogP contribution in [0.2, 0.25) is 0 Å². The van der Waals surface area contributed by atoms with Gasteiger partial charge in [-0.05, 0) is 24.7 Å². The number of hydrogen-bond acceptors (Lipinski definition) is 3. The van der Waals surface area contributed by atoms with Crippen LogP contribution in [-0.4, -0.2) is 58.9 Å². The van der Waals surface area contributed by atoms with Crippen molar-refractivity contribution in [3.8, 4) is 0 Å². The summed E-state index contributed by atoms with van der Waals surface area (Å²) in [6.07, 6.45) is 4.03. The van der Waals surface area contributed by atoms with E-state index in [1.165, 1.54) is 0 Å². The van der Waals surface area contributed by atoms with Gasteiger partial charge in [-0.15, -0.1) is 0 Å². The molecule has 19 heavy (non-hydrogen) atoms. The van der Waals surface area contributed by atoms with Gasteiger partial charge in [-0.25, -0.2) is 0 Å². The minimum absolute atomic E-state index is 0. The summed E-state index contributed by atoms with van der Waals surface area (Å²) in [5.74, 6) is -1.46. The molecule has 0 aromatic heterocycles. The fourth-order valence-corrected chi connectivity index (χ4v) is 3.88. The fourth-order valence-electron chi connectivity index (χ4n) is 2.54. The van der Waals surface area contributed by atoms with Crippen LogP contribution in [0.3, 0.4) is 0 Å². The molecule has 1 unspecified atom stereocenters. The van der Waals surface area contributed by atoms with Crippen LogP contribution in [0, 0.1) is 5.41 Å². The Labute approximate surface area is 138 Å². The molecule has 2 N–H and O–H groups in total. The molecule has 0 fully saturated rings. The van der Waals surface area contributed by atoms with Crippen LogP contribution in [0.5, 0.6) is 0 Å². The van der Waals surface area contributed by atoms with E-state index in [2.05, 4.69) is 0 Å². The molecular weight excluding hydrogens is 279 g/mol. The van der Waals surface area contributed by atoms with Crippen molar-refractivity contribution in [2.24, 2.45) is 5.41 Å². The van der Waals surface area contributed by atoms with E-state index in [9.17, 15) is 17.8 Å². The first-order chi connectivity index (χ1) is 8.25. The maximum absolute atomic E-state index is 11.3. The van der Waals surface area contributed by atoms with Gasteiger partial charge in [0.2, 0.25) is 0 Å². The third-order valence-corrected chi connectivity index (χ3v) is 5.06. The Bertz CT molecular complexity index is 362. The molecule has 5 nitrogen and oxygen atoms in total. The Kier molecular flexibility index (Phi) is 10.7. The fraction of sp³-hybridized carbons (Fsp3) is 0.917. The van der Waals surface area contributed by atoms with Crippen molar-refractivity contribution in [1.82, 2.24) is 0 Å². The van der Waals surface area contributed by atoms with Crippen molar-refractivity contribution < 1.29 is 22.9 Å². The van der Waals surface area contributed by atoms with E-state index in [-0.39, 0.29) is 29.6 Å². The zero-order valence-electron chi connectivity index (χ0n) is 11.3. The molecule has 110 valence electrons. The average molecular weight is 304 g/mol. The molecule has 7 heteroatoms. The van der Waals surface area contributed by atoms with Crippen molar-refractivity contribution in [3.63, 3.8) is 0 Å². The molecule has 0 spiro atoms. The summed E-state index contributed by atoms with van der Waals surface area (Å²) in [4.78, 5) is 11.2. The predicted molar refractivity (Wildman–Crippen MR) is 77.3 cm³/mol. The Balaban J connectivity index is 0. The first-order valence-electron chi connectivity index (χ1n) is 6.44. The second-order valence-electron chi connectivity index (χ2n) is 4.76. The summed E-state index contributed by atoms with van der Waals surface area (Å²) in [7, 11) is -4.58. The molecule has 0 bridgehead atoms. The summed E-state index contributed by atoms with van der Waals surface area (Å²) >= 11 is 0. The normalized spacial score (nSPS) is 13.7. The van der Waals surface area contributed by atoms with Crippen molar-refractivity contribution in [3.05, 3.63) is 0 Å². The van der Waals surface area contributed by atoms with Gasteiger partial charge in [0.25, 0.3) is 10.1 Å². The quantitative estimate of drug-likeness (QED) is 0.386. The van der Waals surface area contributed by atoms with E-state index >= 15 is 0 Å². The van der Waals surface area contributed by atoms with E-state index in [0.717, 1.165) is 19.3 Å². The summed E-state index contributed by atoms with van der Waals surface area (Å²) < 4.78 is 31.9. The minimum atomic E-state index is -4.58. The predicted octanol–water partition coefficient (Wildman–Crippen LogP) is 2.07. The second-order valence-corrected chi connectivity index (χ2v) is 6.26. The number of carboxylic acids is 1. The second kappa shape index (κ2) is 9.34. The van der Waals surface area contributed by atoms with Crippen LogP contribution in [0.1, 0.15) is 59.3 Å². The number of carbonyl (C=O) groups is 1. The Morgan fingerprint density at radius 3 is 1.89 bits per heavy atom. The number of rotatable bonds is 9. The molecule has 0 aromatic carbocycles. The molecule has 0 amide bonds. The van der Waals surface area contributed by atoms with E-state index in [1.807, 2.05) is 6.92 Å². The molecule has 0 aromatic rings. The van der Waals surface area contributed by atoms with Crippen LogP contribution in [0.4, 0.5) is 0 Å². The van der Waals surface area contributed by atoms with Crippen LogP contribution in [0.15, 0.2) is 0 Å². The van der Waals surface area contributed by atoms with Gasteiger partial charge in [0.15, 0.2) is 5.25 Å². The van der Waals surface area contributed by atoms with Crippen molar-refractivity contribution in [2.45, 2.75) is 64.5 Å². The summed E-state index contributed by atoms with van der Waals surface area (Å²) in [6.45, 7) is 5.57. The molecule has 0 saturated carbocycles. The summed E-state index contributed by atoms with van der Waals surface area (Å²) in [5, 5.41) is 7.40. The Morgan fingerprint density at radius 1 is 1.16 bits per heavy atom. The van der Waals surface area contributed by atoms with Gasteiger partial charge < -0.3 is 5.11 Å². The number of hydrogen-bond donors (Lipinski definition) is 2. The van der Waals surface area contributed by atoms with E-state index in [0.29, 0.717) is 19.3 Å². The number of aliphatic carboxylic acids is 1. The van der Waals surface area contributed by atoms with Gasteiger partial charge in [0.1, 0.15) is 0 Å². The third-order valence-electron chi connectivity index (χ3n) is 3.76. The monoisotopic (exact) mass is 304 g/mol. The van der Waals surface area contributed by atoms with Gasteiger partial charge >= 0.3 is 35.5 Å². The zero-order chi connectivity index (χ0) is 14.4. The van der Waals surface area contributed by atoms with Gasteiger partial charge in [-0.2, -0.15) is 8.42 Å². The molecule has 0 aliphatic rings. The molecule has 0 aliphatic heterocycles. The molecular formula is C12H25NaO5S. The Morgan fingerprint density at radius 2 is 1.63 bits per heavy atom. The Hall–Kier alpha value is 0.380. The topological polar surface area (TPSA) is 91.7 Å². The SMILES string of the molecule is CCCCCC(CC)(CC)C(C(=O)O)S(=O)(=O)O.[NaH]. The first kappa shape index (κ1) is 21.7. The van der Waals surface area contributed by atoms with E-state index < -0.39 is 26.8 Å². The number of carboxylic acid groups (broad SMARTS) is 1. The number of unbranched alkanes of at least 4 members (excludes halogenated alkanes) is 2. The van der Waals surface area contributed by atoms with E-state index in [4.69, 9.17) is 5.11 Å². The molecule has 0 saturated heterocycles. The molecule has 0 heterocycles. The summed E-state index contributed by atoms with van der Waals surface area (Å²) in [5.41, 5.74) is -0.880. The molecule has 0 aliphatic carbocycles. The van der Waals surface area contributed by atoms with Crippen molar-refractivity contribution in [2.75, 3.05) is 0 Å². The van der Waals surface area contributed by atoms with Gasteiger partial charge in [0.05, 0.1) is 0 Å². The summed E-state index contributed by atoms with van der Waals surface area (Å²) in [6, 6.07) is 0. The molecule has 1 atom stereocenters. The van der Waals surface area contributed by atoms with Crippen LogP contribution < -0.4 is 0 Å². The average Bonchev–Trinajstić information content (AvgIpc) is 2.25. The van der Waals surface area contributed by atoms with Gasteiger partial charge in [0, 0.05) is 0 Å².